The Morgan fingerprint density at radius 1 is 1.50 bits per heavy atom. The smallest absolute Gasteiger partial charge is 0.0955 e. The van der Waals surface area contributed by atoms with E-state index in [1.165, 1.54) is 0 Å². The minimum atomic E-state index is -0.673. The maximum absolute atomic E-state index is 9.85. The second-order valence-electron chi connectivity index (χ2n) is 3.54. The molecule has 0 fully saturated rings. The average molecular weight is 214 g/mol. The fourth-order valence-electron chi connectivity index (χ4n) is 1.33. The van der Waals surface area contributed by atoms with Gasteiger partial charge in [0.2, 0.25) is 0 Å². The Labute approximate surface area is 89.7 Å². The summed E-state index contributed by atoms with van der Waals surface area (Å²) in [6, 6.07) is 5.34. The molecule has 0 aliphatic carbocycles. The number of aryl methyl sites for hydroxylation is 1. The largest absolute Gasteiger partial charge is 0.387 e. The molecule has 2 atom stereocenters. The first-order valence-corrected chi connectivity index (χ1v) is 5.13. The molecule has 0 aromatic heterocycles. The van der Waals surface area contributed by atoms with Crippen LogP contribution in [0.5, 0.6) is 0 Å². The lowest BCUT2D eigenvalue weighted by Gasteiger charge is -2.18. The van der Waals surface area contributed by atoms with Crippen molar-refractivity contribution in [3.05, 3.63) is 34.3 Å². The van der Waals surface area contributed by atoms with Crippen molar-refractivity contribution in [2.45, 2.75) is 32.4 Å². The first-order valence-electron chi connectivity index (χ1n) is 4.76. The summed E-state index contributed by atoms with van der Waals surface area (Å²) in [6.07, 6.45) is 0.0545. The molecule has 3 N–H and O–H groups in total. The fraction of sp³-hybridized carbons (Fsp3) is 0.455. The Bertz CT molecular complexity index is 314. The van der Waals surface area contributed by atoms with Gasteiger partial charge in [0.1, 0.15) is 0 Å². The molecule has 2 nitrogen and oxygen atoms in total. The van der Waals surface area contributed by atoms with Crippen LogP contribution < -0.4 is 5.73 Å². The lowest BCUT2D eigenvalue weighted by Crippen LogP contribution is -2.27. The molecule has 0 spiro atoms. The van der Waals surface area contributed by atoms with E-state index in [9.17, 15) is 5.11 Å². The Balaban J connectivity index is 2.95. The van der Waals surface area contributed by atoms with Gasteiger partial charge in [0, 0.05) is 16.6 Å². The number of aliphatic hydroxyl groups is 1. The first-order chi connectivity index (χ1) is 6.56. The van der Waals surface area contributed by atoms with Gasteiger partial charge in [-0.15, -0.1) is 0 Å². The van der Waals surface area contributed by atoms with Crippen molar-refractivity contribution in [3.63, 3.8) is 0 Å². The predicted octanol–water partition coefficient (Wildman–Crippen LogP) is 2.42. The lowest BCUT2D eigenvalue weighted by molar-refractivity contribution is 0.144. The normalized spacial score (nSPS) is 15.2. The Morgan fingerprint density at radius 3 is 2.64 bits per heavy atom. The van der Waals surface area contributed by atoms with Crippen LogP contribution in [0.25, 0.3) is 0 Å². The van der Waals surface area contributed by atoms with E-state index in [2.05, 4.69) is 0 Å². The van der Waals surface area contributed by atoms with E-state index in [1.807, 2.05) is 32.0 Å². The van der Waals surface area contributed by atoms with Crippen LogP contribution in [0, 0.1) is 6.92 Å². The number of nitrogens with two attached hydrogens (primary N) is 1. The zero-order valence-electron chi connectivity index (χ0n) is 8.50. The van der Waals surface area contributed by atoms with Crippen LogP contribution in [-0.4, -0.2) is 11.1 Å². The highest BCUT2D eigenvalue weighted by Crippen LogP contribution is 2.26. The van der Waals surface area contributed by atoms with Crippen LogP contribution in [0.1, 0.15) is 30.6 Å². The quantitative estimate of drug-likeness (QED) is 0.810. The van der Waals surface area contributed by atoms with E-state index in [0.717, 1.165) is 12.0 Å². The summed E-state index contributed by atoms with van der Waals surface area (Å²) in [5.41, 5.74) is 7.54. The van der Waals surface area contributed by atoms with E-state index in [4.69, 9.17) is 17.3 Å². The Kier molecular flexibility index (Phi) is 3.93. The van der Waals surface area contributed by atoms with Gasteiger partial charge in [0.25, 0.3) is 0 Å². The van der Waals surface area contributed by atoms with Gasteiger partial charge in [-0.2, -0.15) is 0 Å². The summed E-state index contributed by atoms with van der Waals surface area (Å²) >= 11 is 6.01. The van der Waals surface area contributed by atoms with Crippen molar-refractivity contribution < 1.29 is 5.11 Å². The molecule has 0 bridgehead atoms. The molecule has 0 aliphatic heterocycles. The molecule has 0 saturated heterocycles. The van der Waals surface area contributed by atoms with E-state index < -0.39 is 6.10 Å². The maximum atomic E-state index is 9.85. The predicted molar refractivity (Wildman–Crippen MR) is 59.4 cm³/mol. The van der Waals surface area contributed by atoms with Crippen LogP contribution in [-0.2, 0) is 0 Å². The highest BCUT2D eigenvalue weighted by molar-refractivity contribution is 6.31. The van der Waals surface area contributed by atoms with E-state index >= 15 is 0 Å². The molecule has 0 amide bonds. The molecule has 0 heterocycles. The van der Waals surface area contributed by atoms with Crippen LogP contribution in [0.3, 0.4) is 0 Å². The number of rotatable bonds is 3. The third kappa shape index (κ3) is 2.47. The monoisotopic (exact) mass is 213 g/mol. The Hall–Kier alpha value is -0.570. The number of aliphatic hydroxyl groups excluding tert-OH is 1. The van der Waals surface area contributed by atoms with Crippen molar-refractivity contribution in [3.8, 4) is 0 Å². The number of halogens is 1. The van der Waals surface area contributed by atoms with Crippen molar-refractivity contribution in [1.82, 2.24) is 0 Å². The summed E-state index contributed by atoms with van der Waals surface area (Å²) in [5.74, 6) is 0. The second kappa shape index (κ2) is 4.78. The number of hydrogen-bond donors (Lipinski definition) is 2. The third-order valence-corrected chi connectivity index (χ3v) is 2.68. The topological polar surface area (TPSA) is 46.2 Å². The number of benzene rings is 1. The summed E-state index contributed by atoms with van der Waals surface area (Å²) in [5, 5.41) is 10.4. The number of hydrogen-bond acceptors (Lipinski definition) is 2. The summed E-state index contributed by atoms with van der Waals surface area (Å²) in [6.45, 7) is 3.90. The fourth-order valence-corrected chi connectivity index (χ4v) is 1.67. The minimum Gasteiger partial charge on any atom is -0.387 e. The molecule has 0 saturated carbocycles. The standard InChI is InChI=1S/C11H16ClNO/c1-3-10(13)11(14)8-5-4-7(2)6-9(8)12/h4-6,10-11,14H,3,13H2,1-2H3/t10-,11-/m1/s1. The Morgan fingerprint density at radius 2 is 2.14 bits per heavy atom. The van der Waals surface area contributed by atoms with Crippen molar-refractivity contribution in [1.29, 1.82) is 0 Å². The zero-order chi connectivity index (χ0) is 10.7. The van der Waals surface area contributed by atoms with Gasteiger partial charge in [-0.05, 0) is 25.0 Å². The molecular weight excluding hydrogens is 198 g/mol. The zero-order valence-corrected chi connectivity index (χ0v) is 9.25. The van der Waals surface area contributed by atoms with Crippen LogP contribution in [0.15, 0.2) is 18.2 Å². The molecular formula is C11H16ClNO. The highest BCUT2D eigenvalue weighted by Gasteiger charge is 2.17. The van der Waals surface area contributed by atoms with E-state index in [-0.39, 0.29) is 6.04 Å². The van der Waals surface area contributed by atoms with Gasteiger partial charge in [-0.3, -0.25) is 0 Å². The maximum Gasteiger partial charge on any atom is 0.0955 e. The molecule has 1 rings (SSSR count). The van der Waals surface area contributed by atoms with Gasteiger partial charge < -0.3 is 10.8 Å². The molecule has 78 valence electrons. The highest BCUT2D eigenvalue weighted by atomic mass is 35.5. The van der Waals surface area contributed by atoms with Gasteiger partial charge in [-0.25, -0.2) is 0 Å². The van der Waals surface area contributed by atoms with Gasteiger partial charge in [-0.1, -0.05) is 30.7 Å². The van der Waals surface area contributed by atoms with E-state index in [0.29, 0.717) is 10.6 Å². The van der Waals surface area contributed by atoms with Gasteiger partial charge in [0.05, 0.1) is 6.10 Å². The van der Waals surface area contributed by atoms with Crippen molar-refractivity contribution >= 4 is 11.6 Å². The lowest BCUT2D eigenvalue weighted by atomic mass is 10.00. The van der Waals surface area contributed by atoms with E-state index in [1.54, 1.807) is 0 Å². The third-order valence-electron chi connectivity index (χ3n) is 2.35. The molecule has 3 heteroatoms. The molecule has 0 unspecified atom stereocenters. The van der Waals surface area contributed by atoms with Crippen molar-refractivity contribution in [2.75, 3.05) is 0 Å². The van der Waals surface area contributed by atoms with Crippen LogP contribution in [0.4, 0.5) is 0 Å². The molecule has 0 aliphatic rings. The molecule has 14 heavy (non-hydrogen) atoms. The SMILES string of the molecule is CC[C@@H](N)[C@H](O)c1ccc(C)cc1Cl. The molecule has 1 aromatic carbocycles. The van der Waals surface area contributed by atoms with Gasteiger partial charge >= 0.3 is 0 Å². The summed E-state index contributed by atoms with van der Waals surface area (Å²) in [7, 11) is 0. The summed E-state index contributed by atoms with van der Waals surface area (Å²) in [4.78, 5) is 0. The summed E-state index contributed by atoms with van der Waals surface area (Å²) < 4.78 is 0. The molecule has 1 aromatic rings. The van der Waals surface area contributed by atoms with Crippen LogP contribution in [0.2, 0.25) is 5.02 Å². The first kappa shape index (κ1) is 11.5. The second-order valence-corrected chi connectivity index (χ2v) is 3.95. The van der Waals surface area contributed by atoms with Crippen LogP contribution >= 0.6 is 11.6 Å². The van der Waals surface area contributed by atoms with Gasteiger partial charge in [0.15, 0.2) is 0 Å². The minimum absolute atomic E-state index is 0.254. The molecule has 0 radical (unpaired) electrons. The average Bonchev–Trinajstić information content (AvgIpc) is 2.15. The van der Waals surface area contributed by atoms with Crippen molar-refractivity contribution in [2.24, 2.45) is 5.73 Å².